The molecule has 0 spiro atoms. The van der Waals surface area contributed by atoms with Crippen LogP contribution in [-0.2, 0) is 0 Å². The van der Waals surface area contributed by atoms with Crippen molar-refractivity contribution in [2.24, 2.45) is 4.99 Å². The summed E-state index contributed by atoms with van der Waals surface area (Å²) in [5, 5.41) is 3.94. The highest BCUT2D eigenvalue weighted by atomic mass is 32.2. The average Bonchev–Trinajstić information content (AvgIpc) is 2.74. The Kier molecular flexibility index (Phi) is 4.31. The van der Waals surface area contributed by atoms with Gasteiger partial charge in [0.2, 0.25) is 0 Å². The van der Waals surface area contributed by atoms with E-state index in [1.807, 2.05) is 11.8 Å². The van der Waals surface area contributed by atoms with E-state index in [2.05, 4.69) is 59.5 Å². The second-order valence-electron chi connectivity index (χ2n) is 4.25. The topological polar surface area (TPSA) is 27.6 Å². The SMILES string of the molecule is CC(CNC1=NCCN1C)Sc1ccccc1. The summed E-state index contributed by atoms with van der Waals surface area (Å²) < 4.78 is 0. The maximum Gasteiger partial charge on any atom is 0.193 e. The Hall–Kier alpha value is -1.16. The lowest BCUT2D eigenvalue weighted by molar-refractivity contribution is 0.534. The number of hydrogen-bond acceptors (Lipinski definition) is 4. The Morgan fingerprint density at radius 1 is 1.41 bits per heavy atom. The van der Waals surface area contributed by atoms with E-state index in [-0.39, 0.29) is 0 Å². The van der Waals surface area contributed by atoms with Gasteiger partial charge >= 0.3 is 0 Å². The van der Waals surface area contributed by atoms with Crippen LogP contribution in [0.15, 0.2) is 40.2 Å². The third-order valence-electron chi connectivity index (χ3n) is 2.69. The Labute approximate surface area is 107 Å². The molecule has 1 aromatic carbocycles. The first-order valence-electron chi connectivity index (χ1n) is 5.97. The van der Waals surface area contributed by atoms with Gasteiger partial charge in [-0.2, -0.15) is 0 Å². The van der Waals surface area contributed by atoms with Crippen molar-refractivity contribution in [3.05, 3.63) is 30.3 Å². The van der Waals surface area contributed by atoms with Crippen LogP contribution >= 0.6 is 11.8 Å². The first-order valence-corrected chi connectivity index (χ1v) is 6.85. The fourth-order valence-electron chi connectivity index (χ4n) is 1.73. The van der Waals surface area contributed by atoms with Crippen LogP contribution < -0.4 is 5.32 Å². The molecular weight excluding hydrogens is 230 g/mol. The number of guanidine groups is 1. The van der Waals surface area contributed by atoms with Gasteiger partial charge < -0.3 is 10.2 Å². The monoisotopic (exact) mass is 249 g/mol. The highest BCUT2D eigenvalue weighted by Crippen LogP contribution is 2.21. The van der Waals surface area contributed by atoms with Crippen molar-refractivity contribution in [1.29, 1.82) is 0 Å². The van der Waals surface area contributed by atoms with Crippen LogP contribution in [0.2, 0.25) is 0 Å². The van der Waals surface area contributed by atoms with Gasteiger partial charge in [-0.25, -0.2) is 0 Å². The standard InChI is InChI=1S/C13H19N3S/c1-11(17-12-6-4-3-5-7-12)10-15-13-14-8-9-16(13)2/h3-7,11H,8-10H2,1-2H3,(H,14,15). The van der Waals surface area contributed by atoms with Crippen molar-refractivity contribution in [3.63, 3.8) is 0 Å². The average molecular weight is 249 g/mol. The van der Waals surface area contributed by atoms with Crippen LogP contribution in [0.3, 0.4) is 0 Å². The molecule has 3 nitrogen and oxygen atoms in total. The molecule has 2 rings (SSSR count). The minimum atomic E-state index is 0.536. The van der Waals surface area contributed by atoms with E-state index >= 15 is 0 Å². The smallest absolute Gasteiger partial charge is 0.193 e. The first kappa shape index (κ1) is 12.3. The Bertz CT molecular complexity index is 378. The van der Waals surface area contributed by atoms with Crippen LogP contribution in [0.5, 0.6) is 0 Å². The summed E-state index contributed by atoms with van der Waals surface area (Å²) in [7, 11) is 2.08. The van der Waals surface area contributed by atoms with Crippen molar-refractivity contribution in [3.8, 4) is 0 Å². The molecule has 0 aliphatic carbocycles. The summed E-state index contributed by atoms with van der Waals surface area (Å²) in [6.07, 6.45) is 0. The molecule has 1 aliphatic rings. The molecule has 0 saturated carbocycles. The lowest BCUT2D eigenvalue weighted by atomic mass is 10.4. The van der Waals surface area contributed by atoms with Crippen molar-refractivity contribution < 1.29 is 0 Å². The molecule has 0 saturated heterocycles. The number of nitrogens with one attached hydrogen (secondary N) is 1. The summed E-state index contributed by atoms with van der Waals surface area (Å²) in [5.41, 5.74) is 0. The van der Waals surface area contributed by atoms with E-state index in [9.17, 15) is 0 Å². The Morgan fingerprint density at radius 2 is 2.18 bits per heavy atom. The molecule has 0 fully saturated rings. The van der Waals surface area contributed by atoms with Gasteiger partial charge in [0.25, 0.3) is 0 Å². The fraction of sp³-hybridized carbons (Fsp3) is 0.462. The van der Waals surface area contributed by atoms with Gasteiger partial charge in [-0.15, -0.1) is 11.8 Å². The van der Waals surface area contributed by atoms with Crippen LogP contribution in [0, 0.1) is 0 Å². The molecule has 4 heteroatoms. The summed E-state index contributed by atoms with van der Waals surface area (Å²) in [4.78, 5) is 7.91. The largest absolute Gasteiger partial charge is 0.355 e. The second kappa shape index (κ2) is 5.96. The summed E-state index contributed by atoms with van der Waals surface area (Å²) in [6.45, 7) is 5.13. The molecule has 1 atom stereocenters. The van der Waals surface area contributed by atoms with E-state index in [0.29, 0.717) is 5.25 Å². The molecule has 1 unspecified atom stereocenters. The molecule has 1 heterocycles. The molecule has 1 N–H and O–H groups in total. The molecule has 0 bridgehead atoms. The quantitative estimate of drug-likeness (QED) is 0.828. The van der Waals surface area contributed by atoms with Crippen molar-refractivity contribution >= 4 is 17.7 Å². The highest BCUT2D eigenvalue weighted by Gasteiger charge is 2.12. The van der Waals surface area contributed by atoms with E-state index < -0.39 is 0 Å². The van der Waals surface area contributed by atoms with Crippen molar-refractivity contribution in [2.45, 2.75) is 17.1 Å². The minimum Gasteiger partial charge on any atom is -0.355 e. The minimum absolute atomic E-state index is 0.536. The first-order chi connectivity index (χ1) is 8.25. The third kappa shape index (κ3) is 3.66. The number of likely N-dealkylation sites (N-methyl/N-ethyl adjacent to an activating group) is 1. The Morgan fingerprint density at radius 3 is 2.82 bits per heavy atom. The van der Waals surface area contributed by atoms with Gasteiger partial charge in [-0.1, -0.05) is 25.1 Å². The number of nitrogens with zero attached hydrogens (tertiary/aromatic N) is 2. The number of hydrogen-bond donors (Lipinski definition) is 1. The normalized spacial score (nSPS) is 16.8. The molecule has 1 aromatic rings. The molecule has 17 heavy (non-hydrogen) atoms. The van der Waals surface area contributed by atoms with E-state index in [4.69, 9.17) is 0 Å². The lowest BCUT2D eigenvalue weighted by Gasteiger charge is -2.18. The molecule has 0 radical (unpaired) electrons. The predicted octanol–water partition coefficient (Wildman–Crippen LogP) is 2.06. The number of aliphatic imine (C=N–C) groups is 1. The number of rotatable bonds is 4. The van der Waals surface area contributed by atoms with Gasteiger partial charge in [-0.05, 0) is 12.1 Å². The zero-order chi connectivity index (χ0) is 12.1. The van der Waals surface area contributed by atoms with Crippen LogP contribution in [0.4, 0.5) is 0 Å². The molecular formula is C13H19N3S. The maximum absolute atomic E-state index is 4.42. The second-order valence-corrected chi connectivity index (χ2v) is 5.76. The zero-order valence-corrected chi connectivity index (χ0v) is 11.2. The zero-order valence-electron chi connectivity index (χ0n) is 10.4. The molecule has 92 valence electrons. The maximum atomic E-state index is 4.42. The van der Waals surface area contributed by atoms with Crippen LogP contribution in [0.25, 0.3) is 0 Å². The van der Waals surface area contributed by atoms with Crippen molar-refractivity contribution in [1.82, 2.24) is 10.2 Å². The molecule has 0 amide bonds. The van der Waals surface area contributed by atoms with Gasteiger partial charge in [0.05, 0.1) is 6.54 Å². The van der Waals surface area contributed by atoms with Gasteiger partial charge in [0.15, 0.2) is 5.96 Å². The van der Waals surface area contributed by atoms with Gasteiger partial charge in [-0.3, -0.25) is 4.99 Å². The van der Waals surface area contributed by atoms with Gasteiger partial charge in [0.1, 0.15) is 0 Å². The third-order valence-corrected chi connectivity index (χ3v) is 3.80. The van der Waals surface area contributed by atoms with E-state index in [1.165, 1.54) is 4.90 Å². The highest BCUT2D eigenvalue weighted by molar-refractivity contribution is 8.00. The predicted molar refractivity (Wildman–Crippen MR) is 74.7 cm³/mol. The van der Waals surface area contributed by atoms with Crippen LogP contribution in [-0.4, -0.2) is 42.8 Å². The van der Waals surface area contributed by atoms with Crippen LogP contribution in [0.1, 0.15) is 6.92 Å². The van der Waals surface area contributed by atoms with E-state index in [1.54, 1.807) is 0 Å². The summed E-state index contributed by atoms with van der Waals surface area (Å²) in [6, 6.07) is 10.5. The van der Waals surface area contributed by atoms with Gasteiger partial charge in [0, 0.05) is 30.3 Å². The summed E-state index contributed by atoms with van der Waals surface area (Å²) in [5.74, 6) is 1.03. The fourth-order valence-corrected chi connectivity index (χ4v) is 2.68. The van der Waals surface area contributed by atoms with Crippen molar-refractivity contribution in [2.75, 3.05) is 26.7 Å². The Balaban J connectivity index is 1.76. The lowest BCUT2D eigenvalue weighted by Crippen LogP contribution is -2.38. The number of benzene rings is 1. The van der Waals surface area contributed by atoms with E-state index in [0.717, 1.165) is 25.6 Å². The molecule has 0 aromatic heterocycles. The summed E-state index contributed by atoms with van der Waals surface area (Å²) >= 11 is 1.89. The molecule has 1 aliphatic heterocycles. The number of thioether (sulfide) groups is 1.